The molecule has 7 heteroatoms. The molecular weight excluding hydrogens is 245 g/mol. The van der Waals surface area contributed by atoms with E-state index >= 15 is 0 Å². The predicted octanol–water partition coefficient (Wildman–Crippen LogP) is 2.98. The van der Waals surface area contributed by atoms with Gasteiger partial charge in [-0.2, -0.15) is 13.2 Å². The van der Waals surface area contributed by atoms with Crippen LogP contribution in [-0.2, 0) is 4.74 Å². The van der Waals surface area contributed by atoms with Crippen LogP contribution in [0.5, 0.6) is 0 Å². The second kappa shape index (κ2) is 8.63. The minimum Gasteiger partial charge on any atom is -0.375 e. The van der Waals surface area contributed by atoms with Crippen molar-refractivity contribution in [2.75, 3.05) is 20.3 Å². The molecule has 0 spiro atoms. The summed E-state index contributed by atoms with van der Waals surface area (Å²) in [4.78, 5) is 0. The molecule has 0 rings (SSSR count). The summed E-state index contributed by atoms with van der Waals surface area (Å²) in [5.74, 6) is 0. The molecule has 1 N–H and O–H groups in total. The van der Waals surface area contributed by atoms with Crippen molar-refractivity contribution in [3.63, 3.8) is 0 Å². The van der Waals surface area contributed by atoms with Gasteiger partial charge >= 0.3 is 6.18 Å². The monoisotopic (exact) mass is 263 g/mol. The Labute approximate surface area is 97.5 Å². The maximum atomic E-state index is 11.9. The maximum absolute atomic E-state index is 11.9. The highest BCUT2D eigenvalue weighted by Crippen LogP contribution is 2.22. The van der Waals surface area contributed by atoms with Crippen molar-refractivity contribution in [3.05, 3.63) is 0 Å². The van der Waals surface area contributed by atoms with Crippen LogP contribution < -0.4 is 5.32 Å². The number of hydrogen-bond acceptors (Lipinski definition) is 2. The molecule has 0 aromatic carbocycles. The molecule has 0 saturated carbocycles. The van der Waals surface area contributed by atoms with E-state index in [9.17, 15) is 22.0 Å². The normalized spacial score (nSPS) is 14.3. The molecule has 1 atom stereocenters. The lowest BCUT2D eigenvalue weighted by atomic mass is 10.1. The van der Waals surface area contributed by atoms with Gasteiger partial charge in [0.25, 0.3) is 6.43 Å². The van der Waals surface area contributed by atoms with E-state index in [1.54, 1.807) is 7.05 Å². The molecule has 0 bridgehead atoms. The van der Waals surface area contributed by atoms with Crippen LogP contribution in [0.1, 0.15) is 25.7 Å². The lowest BCUT2D eigenvalue weighted by Gasteiger charge is -2.16. The van der Waals surface area contributed by atoms with Crippen LogP contribution in [0.25, 0.3) is 0 Å². The largest absolute Gasteiger partial charge is 0.389 e. The molecule has 0 aliphatic rings. The summed E-state index contributed by atoms with van der Waals surface area (Å²) in [6, 6.07) is -0.130. The zero-order chi connectivity index (χ0) is 13.3. The Balaban J connectivity index is 3.56. The standard InChI is InChI=1S/C10H18F5NO/c1-16-8(3-2-5-10(13,14)15)4-6-17-7-9(11)12/h8-9,16H,2-7H2,1H3. The maximum Gasteiger partial charge on any atom is 0.389 e. The van der Waals surface area contributed by atoms with Gasteiger partial charge in [-0.15, -0.1) is 0 Å². The van der Waals surface area contributed by atoms with Gasteiger partial charge < -0.3 is 10.1 Å². The first kappa shape index (κ1) is 16.6. The third kappa shape index (κ3) is 11.8. The molecule has 104 valence electrons. The molecule has 0 amide bonds. The first-order valence-corrected chi connectivity index (χ1v) is 5.45. The highest BCUT2D eigenvalue weighted by atomic mass is 19.4. The lowest BCUT2D eigenvalue weighted by molar-refractivity contribution is -0.135. The summed E-state index contributed by atoms with van der Waals surface area (Å²) in [5.41, 5.74) is 0. The Morgan fingerprint density at radius 3 is 2.29 bits per heavy atom. The van der Waals surface area contributed by atoms with Gasteiger partial charge in [-0.25, -0.2) is 8.78 Å². The van der Waals surface area contributed by atoms with Crippen molar-refractivity contribution >= 4 is 0 Å². The summed E-state index contributed by atoms with van der Waals surface area (Å²) < 4.78 is 63.7. The highest BCUT2D eigenvalue weighted by Gasteiger charge is 2.26. The van der Waals surface area contributed by atoms with Gasteiger partial charge in [-0.3, -0.25) is 0 Å². The Morgan fingerprint density at radius 1 is 1.18 bits per heavy atom. The Kier molecular flexibility index (Phi) is 8.41. The van der Waals surface area contributed by atoms with E-state index in [1.165, 1.54) is 0 Å². The molecule has 0 aliphatic heterocycles. The summed E-state index contributed by atoms with van der Waals surface area (Å²) >= 11 is 0. The quantitative estimate of drug-likeness (QED) is 0.510. The van der Waals surface area contributed by atoms with Crippen LogP contribution in [0.3, 0.4) is 0 Å². The molecule has 17 heavy (non-hydrogen) atoms. The van der Waals surface area contributed by atoms with Crippen molar-refractivity contribution in [3.8, 4) is 0 Å². The van der Waals surface area contributed by atoms with Crippen molar-refractivity contribution in [1.82, 2.24) is 5.32 Å². The topological polar surface area (TPSA) is 21.3 Å². The molecule has 0 aromatic heterocycles. The number of halogens is 5. The van der Waals surface area contributed by atoms with E-state index in [0.717, 1.165) is 0 Å². The molecular formula is C10H18F5NO. The fourth-order valence-corrected chi connectivity index (χ4v) is 1.38. The van der Waals surface area contributed by atoms with Crippen LogP contribution in [0.4, 0.5) is 22.0 Å². The Bertz CT molecular complexity index is 186. The van der Waals surface area contributed by atoms with Crippen molar-refractivity contribution in [2.24, 2.45) is 0 Å². The predicted molar refractivity (Wildman–Crippen MR) is 54.2 cm³/mol. The molecule has 2 nitrogen and oxygen atoms in total. The number of alkyl halides is 5. The molecule has 0 saturated heterocycles. The average molecular weight is 263 g/mol. The van der Waals surface area contributed by atoms with E-state index in [4.69, 9.17) is 0 Å². The molecule has 0 heterocycles. The molecule has 0 aliphatic carbocycles. The lowest BCUT2D eigenvalue weighted by Crippen LogP contribution is -2.27. The van der Waals surface area contributed by atoms with E-state index in [2.05, 4.69) is 10.1 Å². The summed E-state index contributed by atoms with van der Waals surface area (Å²) in [5, 5.41) is 2.84. The first-order valence-electron chi connectivity index (χ1n) is 5.45. The first-order chi connectivity index (χ1) is 7.85. The fraction of sp³-hybridized carbons (Fsp3) is 1.00. The van der Waals surface area contributed by atoms with Crippen molar-refractivity contribution in [2.45, 2.75) is 44.3 Å². The smallest absolute Gasteiger partial charge is 0.375 e. The number of ether oxygens (including phenoxy) is 1. The zero-order valence-corrected chi connectivity index (χ0v) is 9.70. The van der Waals surface area contributed by atoms with E-state index in [-0.39, 0.29) is 19.1 Å². The van der Waals surface area contributed by atoms with Crippen LogP contribution in [0.15, 0.2) is 0 Å². The van der Waals surface area contributed by atoms with Gasteiger partial charge in [0.1, 0.15) is 6.61 Å². The van der Waals surface area contributed by atoms with Gasteiger partial charge in [0.05, 0.1) is 0 Å². The van der Waals surface area contributed by atoms with Crippen molar-refractivity contribution < 1.29 is 26.7 Å². The molecule has 0 aromatic rings. The average Bonchev–Trinajstić information content (AvgIpc) is 2.19. The number of hydrogen-bond donors (Lipinski definition) is 1. The Morgan fingerprint density at radius 2 is 1.82 bits per heavy atom. The van der Waals surface area contributed by atoms with Crippen LogP contribution in [-0.4, -0.2) is 38.9 Å². The number of nitrogens with one attached hydrogen (secondary N) is 1. The highest BCUT2D eigenvalue weighted by molar-refractivity contribution is 4.65. The summed E-state index contributed by atoms with van der Waals surface area (Å²) in [7, 11) is 1.63. The zero-order valence-electron chi connectivity index (χ0n) is 9.70. The van der Waals surface area contributed by atoms with Gasteiger partial charge in [0, 0.05) is 19.1 Å². The minimum absolute atomic E-state index is 0.0316. The second-order valence-electron chi connectivity index (χ2n) is 3.75. The SMILES string of the molecule is CNC(CCCC(F)(F)F)CCOCC(F)F. The summed E-state index contributed by atoms with van der Waals surface area (Å²) in [6.45, 7) is -0.499. The van der Waals surface area contributed by atoms with Crippen LogP contribution >= 0.6 is 0 Å². The minimum atomic E-state index is -4.13. The van der Waals surface area contributed by atoms with Gasteiger partial charge in [-0.05, 0) is 26.3 Å². The van der Waals surface area contributed by atoms with Crippen LogP contribution in [0, 0.1) is 0 Å². The Hall–Kier alpha value is -0.430. The molecule has 0 radical (unpaired) electrons. The van der Waals surface area contributed by atoms with E-state index in [0.29, 0.717) is 12.8 Å². The van der Waals surface area contributed by atoms with Crippen molar-refractivity contribution in [1.29, 1.82) is 0 Å². The van der Waals surface area contributed by atoms with E-state index < -0.39 is 25.6 Å². The van der Waals surface area contributed by atoms with Gasteiger partial charge in [0.2, 0.25) is 0 Å². The van der Waals surface area contributed by atoms with Crippen LogP contribution in [0.2, 0.25) is 0 Å². The van der Waals surface area contributed by atoms with E-state index in [1.807, 2.05) is 0 Å². The molecule has 0 fully saturated rings. The number of rotatable bonds is 9. The third-order valence-electron chi connectivity index (χ3n) is 2.28. The summed E-state index contributed by atoms with van der Waals surface area (Å²) in [6.07, 6.45) is -6.64. The second-order valence-corrected chi connectivity index (χ2v) is 3.75. The fourth-order valence-electron chi connectivity index (χ4n) is 1.38. The van der Waals surface area contributed by atoms with Gasteiger partial charge in [0.15, 0.2) is 0 Å². The third-order valence-corrected chi connectivity index (χ3v) is 2.28. The molecule has 1 unspecified atom stereocenters. The van der Waals surface area contributed by atoms with Gasteiger partial charge in [-0.1, -0.05) is 0 Å².